The van der Waals surface area contributed by atoms with Gasteiger partial charge in [0, 0.05) is 0 Å². The Hall–Kier alpha value is -0.791. The molecule has 1 aromatic rings. The van der Waals surface area contributed by atoms with Crippen molar-refractivity contribution in [1.82, 2.24) is 5.32 Å². The molecule has 0 spiro atoms. The van der Waals surface area contributed by atoms with E-state index in [0.717, 1.165) is 5.32 Å². The van der Waals surface area contributed by atoms with Gasteiger partial charge >= 0.3 is 103 Å². The Kier molecular flexibility index (Phi) is 3.36. The molecule has 0 saturated carbocycles. The molecule has 1 aliphatic rings. The Labute approximate surface area is 103 Å². The van der Waals surface area contributed by atoms with Crippen LogP contribution in [0.5, 0.6) is 0 Å². The molecular formula is C13H17NOSe. The third-order valence-corrected chi connectivity index (χ3v) is 5.37. The van der Waals surface area contributed by atoms with Gasteiger partial charge in [-0.1, -0.05) is 0 Å². The first-order valence-electron chi connectivity index (χ1n) is 5.55. The topological polar surface area (TPSA) is 29.1 Å². The van der Waals surface area contributed by atoms with Crippen LogP contribution in [0.15, 0.2) is 30.3 Å². The predicted molar refractivity (Wildman–Crippen MR) is 67.0 cm³/mol. The molecule has 1 aliphatic heterocycles. The Morgan fingerprint density at radius 1 is 1.38 bits per heavy atom. The number of amides is 1. The molecule has 1 atom stereocenters. The van der Waals surface area contributed by atoms with Gasteiger partial charge in [-0.25, -0.2) is 0 Å². The van der Waals surface area contributed by atoms with Gasteiger partial charge < -0.3 is 0 Å². The van der Waals surface area contributed by atoms with E-state index in [-0.39, 0.29) is 11.3 Å². The van der Waals surface area contributed by atoms with Gasteiger partial charge in [0.25, 0.3) is 0 Å². The predicted octanol–water partition coefficient (Wildman–Crippen LogP) is 1.35. The van der Waals surface area contributed by atoms with E-state index in [1.54, 1.807) is 0 Å². The Bertz CT molecular complexity index is 375. The molecule has 0 radical (unpaired) electrons. The molecule has 1 N–H and O–H groups in total. The summed E-state index contributed by atoms with van der Waals surface area (Å²) in [5.74, 6) is 0.207. The van der Waals surface area contributed by atoms with Crippen molar-refractivity contribution < 1.29 is 4.79 Å². The molecule has 2 nitrogen and oxygen atoms in total. The average Bonchev–Trinajstić information content (AvgIpc) is 2.50. The van der Waals surface area contributed by atoms with Gasteiger partial charge in [-0.3, -0.25) is 0 Å². The van der Waals surface area contributed by atoms with E-state index in [2.05, 4.69) is 43.4 Å². The summed E-state index contributed by atoms with van der Waals surface area (Å²) < 4.78 is 1.41. The summed E-state index contributed by atoms with van der Waals surface area (Å²) in [6.45, 7) is 4.35. The maximum absolute atomic E-state index is 11.4. The molecule has 16 heavy (non-hydrogen) atoms. The zero-order valence-corrected chi connectivity index (χ0v) is 11.4. The number of nitrogens with one attached hydrogen (secondary N) is 1. The van der Waals surface area contributed by atoms with Gasteiger partial charge in [0.05, 0.1) is 0 Å². The summed E-state index contributed by atoms with van der Waals surface area (Å²) in [6, 6.07) is 10.9. The summed E-state index contributed by atoms with van der Waals surface area (Å²) in [4.78, 5) is 11.4. The quantitative estimate of drug-likeness (QED) is 0.833. The first kappa shape index (κ1) is 11.7. The fraction of sp³-hybridized carbons (Fsp3) is 0.462. The van der Waals surface area contributed by atoms with E-state index in [4.69, 9.17) is 0 Å². The summed E-state index contributed by atoms with van der Waals surface area (Å²) >= 11 is 0.459. The van der Waals surface area contributed by atoms with Crippen molar-refractivity contribution in [2.24, 2.45) is 5.41 Å². The van der Waals surface area contributed by atoms with Gasteiger partial charge in [-0.05, 0) is 0 Å². The average molecular weight is 282 g/mol. The van der Waals surface area contributed by atoms with Crippen molar-refractivity contribution >= 4 is 25.3 Å². The van der Waals surface area contributed by atoms with Gasteiger partial charge in [-0.2, -0.15) is 0 Å². The second-order valence-corrected chi connectivity index (χ2v) is 7.20. The van der Waals surface area contributed by atoms with Crippen molar-refractivity contribution in [2.45, 2.75) is 31.6 Å². The second-order valence-electron chi connectivity index (χ2n) is 4.91. The number of carbonyl (C=O) groups excluding carboxylic acids is 1. The monoisotopic (exact) mass is 283 g/mol. The zero-order valence-electron chi connectivity index (χ0n) is 9.69. The first-order valence-corrected chi connectivity index (χ1v) is 7.62. The molecular weight excluding hydrogens is 265 g/mol. The zero-order chi connectivity index (χ0) is 11.6. The normalized spacial score (nSPS) is 23.1. The minimum atomic E-state index is 0.119. The summed E-state index contributed by atoms with van der Waals surface area (Å²) in [6.07, 6.45) is 0.669. The molecule has 3 heteroatoms. The standard InChI is InChI=1S/C13H17NOSe/c1-13(2)8-12(15)14-11(13)9-16-10-6-4-3-5-7-10/h3-7,11H,8-9H2,1-2H3,(H,14,15). The molecule has 0 aromatic heterocycles. The van der Waals surface area contributed by atoms with Crippen molar-refractivity contribution in [2.75, 3.05) is 0 Å². The van der Waals surface area contributed by atoms with Crippen molar-refractivity contribution in [3.05, 3.63) is 30.3 Å². The fourth-order valence-corrected chi connectivity index (χ4v) is 4.55. The van der Waals surface area contributed by atoms with E-state index in [9.17, 15) is 4.79 Å². The Morgan fingerprint density at radius 2 is 2.06 bits per heavy atom. The van der Waals surface area contributed by atoms with Crippen molar-refractivity contribution in [1.29, 1.82) is 0 Å². The number of hydrogen-bond donors (Lipinski definition) is 1. The second kappa shape index (κ2) is 4.60. The van der Waals surface area contributed by atoms with E-state index in [0.29, 0.717) is 27.4 Å². The number of carbonyl (C=O) groups is 1. The molecule has 1 unspecified atom stereocenters. The number of rotatable bonds is 3. The molecule has 1 fully saturated rings. The van der Waals surface area contributed by atoms with Crippen LogP contribution in [0.2, 0.25) is 5.32 Å². The molecule has 0 bridgehead atoms. The third kappa shape index (κ3) is 2.66. The van der Waals surface area contributed by atoms with Crippen LogP contribution < -0.4 is 9.78 Å². The van der Waals surface area contributed by atoms with E-state index in [1.165, 1.54) is 4.46 Å². The van der Waals surface area contributed by atoms with Gasteiger partial charge in [0.15, 0.2) is 0 Å². The first-order chi connectivity index (χ1) is 7.58. The van der Waals surface area contributed by atoms with Crippen LogP contribution >= 0.6 is 0 Å². The maximum atomic E-state index is 11.4. The molecule has 2 rings (SSSR count). The molecule has 1 saturated heterocycles. The SMILES string of the molecule is CC1(C)CC(=O)NC1C[Se]c1ccccc1. The van der Waals surface area contributed by atoms with E-state index in [1.807, 2.05) is 6.07 Å². The van der Waals surface area contributed by atoms with Crippen LogP contribution in [0.1, 0.15) is 20.3 Å². The van der Waals surface area contributed by atoms with E-state index >= 15 is 0 Å². The summed E-state index contributed by atoms with van der Waals surface area (Å²) in [7, 11) is 0. The Balaban J connectivity index is 1.94. The van der Waals surface area contributed by atoms with Gasteiger partial charge in [0.1, 0.15) is 0 Å². The Morgan fingerprint density at radius 3 is 2.62 bits per heavy atom. The minimum absolute atomic E-state index is 0.119. The van der Waals surface area contributed by atoms with Crippen molar-refractivity contribution in [3.8, 4) is 0 Å². The third-order valence-electron chi connectivity index (χ3n) is 3.05. The number of benzene rings is 1. The van der Waals surface area contributed by atoms with Gasteiger partial charge in [-0.15, -0.1) is 0 Å². The molecule has 86 valence electrons. The fourth-order valence-electron chi connectivity index (χ4n) is 1.94. The van der Waals surface area contributed by atoms with Crippen LogP contribution in [0.4, 0.5) is 0 Å². The molecule has 0 aliphatic carbocycles. The van der Waals surface area contributed by atoms with E-state index < -0.39 is 0 Å². The summed E-state index contributed by atoms with van der Waals surface area (Å²) in [5, 5.41) is 4.18. The van der Waals surface area contributed by atoms with Crippen LogP contribution in [-0.2, 0) is 4.79 Å². The molecule has 1 amide bonds. The van der Waals surface area contributed by atoms with Crippen LogP contribution in [-0.4, -0.2) is 26.9 Å². The molecule has 1 heterocycles. The van der Waals surface area contributed by atoms with Crippen molar-refractivity contribution in [3.63, 3.8) is 0 Å². The van der Waals surface area contributed by atoms with Crippen LogP contribution in [0.25, 0.3) is 0 Å². The van der Waals surface area contributed by atoms with Gasteiger partial charge in [0.2, 0.25) is 0 Å². The van der Waals surface area contributed by atoms with Crippen LogP contribution in [0, 0.1) is 5.41 Å². The number of hydrogen-bond acceptors (Lipinski definition) is 1. The summed E-state index contributed by atoms with van der Waals surface area (Å²) in [5.41, 5.74) is 0.119. The van der Waals surface area contributed by atoms with Crippen LogP contribution in [0.3, 0.4) is 0 Å². The molecule has 1 aromatic carbocycles.